The minimum Gasteiger partial charge on any atom is -0.307 e. The van der Waals surface area contributed by atoms with Crippen LogP contribution in [0.1, 0.15) is 42.1 Å². The zero-order valence-corrected chi connectivity index (χ0v) is 15.1. The second-order valence-electron chi connectivity index (χ2n) is 5.41. The smallest absolute Gasteiger partial charge is 0.307 e. The molecule has 134 valence electrons. The Bertz CT molecular complexity index is 825. The summed E-state index contributed by atoms with van der Waals surface area (Å²) < 4.78 is 0. The lowest BCUT2D eigenvalue weighted by Crippen LogP contribution is -2.43. The summed E-state index contributed by atoms with van der Waals surface area (Å²) in [5, 5.41) is 3.13. The van der Waals surface area contributed by atoms with Gasteiger partial charge in [-0.15, -0.1) is 0 Å². The first-order valence-corrected chi connectivity index (χ1v) is 8.53. The van der Waals surface area contributed by atoms with Crippen LogP contribution < -0.4 is 16.2 Å². The summed E-state index contributed by atoms with van der Waals surface area (Å²) in [5.74, 6) is 5.53. The van der Waals surface area contributed by atoms with Gasteiger partial charge in [0.1, 0.15) is 0 Å². The van der Waals surface area contributed by atoms with Crippen LogP contribution in [0.2, 0.25) is 5.02 Å². The van der Waals surface area contributed by atoms with E-state index in [4.69, 9.17) is 11.6 Å². The Morgan fingerprint density at radius 3 is 2.65 bits per heavy atom. The van der Waals surface area contributed by atoms with E-state index in [-0.39, 0.29) is 0 Å². The molecule has 0 aliphatic carbocycles. The van der Waals surface area contributed by atoms with Gasteiger partial charge in [0, 0.05) is 35.1 Å². The summed E-state index contributed by atoms with van der Waals surface area (Å²) in [5.41, 5.74) is 6.10. The lowest BCUT2D eigenvalue weighted by Gasteiger charge is -2.09. The second kappa shape index (κ2) is 10.1. The monoisotopic (exact) mass is 370 g/mol. The highest BCUT2D eigenvalue weighted by Crippen LogP contribution is 2.12. The van der Waals surface area contributed by atoms with Gasteiger partial charge in [-0.25, -0.2) is 10.2 Å². The normalized spacial score (nSPS) is 9.62. The Kier molecular flexibility index (Phi) is 7.47. The van der Waals surface area contributed by atoms with Crippen LogP contribution in [-0.2, 0) is 0 Å². The van der Waals surface area contributed by atoms with Gasteiger partial charge in [-0.05, 0) is 36.8 Å². The highest BCUT2D eigenvalue weighted by Gasteiger charge is 2.08. The number of unbranched alkanes of at least 4 members (excludes halogenated alkanes) is 2. The van der Waals surface area contributed by atoms with Crippen molar-refractivity contribution in [3.8, 4) is 11.8 Å². The van der Waals surface area contributed by atoms with Crippen molar-refractivity contribution in [3.63, 3.8) is 0 Å². The molecule has 0 radical (unpaired) electrons. The molecule has 0 fully saturated rings. The SMILES string of the molecule is CCCCC#Cc1cncc(C(=O)NNC(=O)Nc2ccc(Cl)cc2)c1. The van der Waals surface area contributed by atoms with Gasteiger partial charge < -0.3 is 5.32 Å². The summed E-state index contributed by atoms with van der Waals surface area (Å²) in [4.78, 5) is 27.9. The van der Waals surface area contributed by atoms with E-state index in [0.717, 1.165) is 19.3 Å². The summed E-state index contributed by atoms with van der Waals surface area (Å²) in [6.07, 6.45) is 5.92. The van der Waals surface area contributed by atoms with Gasteiger partial charge >= 0.3 is 6.03 Å². The summed E-state index contributed by atoms with van der Waals surface area (Å²) >= 11 is 5.78. The largest absolute Gasteiger partial charge is 0.337 e. The minimum atomic E-state index is -0.579. The van der Waals surface area contributed by atoms with Gasteiger partial charge in [-0.2, -0.15) is 0 Å². The summed E-state index contributed by atoms with van der Waals surface area (Å²) in [6, 6.07) is 7.63. The third-order valence-corrected chi connectivity index (χ3v) is 3.53. The van der Waals surface area contributed by atoms with Crippen LogP contribution in [0.25, 0.3) is 0 Å². The van der Waals surface area contributed by atoms with E-state index in [1.807, 2.05) is 0 Å². The number of hydrogen-bond acceptors (Lipinski definition) is 3. The molecule has 2 aromatic rings. The van der Waals surface area contributed by atoms with E-state index >= 15 is 0 Å². The Morgan fingerprint density at radius 1 is 1.15 bits per heavy atom. The fourth-order valence-corrected chi connectivity index (χ4v) is 2.07. The summed E-state index contributed by atoms with van der Waals surface area (Å²) in [7, 11) is 0. The van der Waals surface area contributed by atoms with Crippen LogP contribution in [0, 0.1) is 11.8 Å². The average molecular weight is 371 g/mol. The van der Waals surface area contributed by atoms with Gasteiger partial charge in [0.25, 0.3) is 5.91 Å². The molecule has 6 nitrogen and oxygen atoms in total. The Morgan fingerprint density at radius 2 is 1.92 bits per heavy atom. The molecule has 0 unspecified atom stereocenters. The molecule has 0 aliphatic heterocycles. The van der Waals surface area contributed by atoms with E-state index in [1.54, 1.807) is 36.5 Å². The zero-order chi connectivity index (χ0) is 18.8. The predicted molar refractivity (Wildman–Crippen MR) is 102 cm³/mol. The second-order valence-corrected chi connectivity index (χ2v) is 5.84. The molecule has 0 saturated heterocycles. The van der Waals surface area contributed by atoms with Crippen LogP contribution in [0.5, 0.6) is 0 Å². The number of nitrogens with one attached hydrogen (secondary N) is 3. The fourth-order valence-electron chi connectivity index (χ4n) is 1.94. The Labute approximate surface area is 157 Å². The first kappa shape index (κ1) is 19.3. The number of benzene rings is 1. The first-order valence-electron chi connectivity index (χ1n) is 8.15. The van der Waals surface area contributed by atoms with Crippen molar-refractivity contribution in [1.82, 2.24) is 15.8 Å². The first-order chi connectivity index (χ1) is 12.6. The lowest BCUT2D eigenvalue weighted by molar-refractivity contribution is 0.0937. The van der Waals surface area contributed by atoms with Gasteiger partial charge in [0.15, 0.2) is 0 Å². The number of aromatic nitrogens is 1. The van der Waals surface area contributed by atoms with Gasteiger partial charge in [-0.1, -0.05) is 36.8 Å². The average Bonchev–Trinajstić information content (AvgIpc) is 2.65. The Balaban J connectivity index is 1.87. The number of amides is 3. The highest BCUT2D eigenvalue weighted by molar-refractivity contribution is 6.30. The molecule has 3 N–H and O–H groups in total. The van der Waals surface area contributed by atoms with Gasteiger partial charge in [0.2, 0.25) is 0 Å². The number of pyridine rings is 1. The lowest BCUT2D eigenvalue weighted by atomic mass is 10.2. The highest BCUT2D eigenvalue weighted by atomic mass is 35.5. The number of rotatable bonds is 4. The molecule has 1 aromatic carbocycles. The molecule has 26 heavy (non-hydrogen) atoms. The third kappa shape index (κ3) is 6.46. The van der Waals surface area contributed by atoms with E-state index in [2.05, 4.69) is 39.9 Å². The van der Waals surface area contributed by atoms with Crippen molar-refractivity contribution in [2.75, 3.05) is 5.32 Å². The molecule has 7 heteroatoms. The minimum absolute atomic E-state index is 0.305. The van der Waals surface area contributed by atoms with Crippen molar-refractivity contribution in [3.05, 3.63) is 58.9 Å². The molecule has 0 bridgehead atoms. The van der Waals surface area contributed by atoms with E-state index < -0.39 is 11.9 Å². The van der Waals surface area contributed by atoms with Crippen LogP contribution in [0.15, 0.2) is 42.7 Å². The summed E-state index contributed by atoms with van der Waals surface area (Å²) in [6.45, 7) is 2.10. The number of carbonyl (C=O) groups excluding carboxylic acids is 2. The third-order valence-electron chi connectivity index (χ3n) is 3.28. The molecule has 2 rings (SSSR count). The molecule has 0 saturated carbocycles. The maximum atomic E-state index is 12.1. The molecule has 3 amide bonds. The molecule has 0 spiro atoms. The number of nitrogens with zero attached hydrogens (tertiary/aromatic N) is 1. The topological polar surface area (TPSA) is 83.1 Å². The molecule has 0 aliphatic rings. The van der Waals surface area contributed by atoms with Crippen molar-refractivity contribution in [2.24, 2.45) is 0 Å². The number of carbonyl (C=O) groups is 2. The molecular formula is C19H19ClN4O2. The standard InChI is InChI=1S/C19H19ClN4O2/c1-2-3-4-5-6-14-11-15(13-21-12-14)18(25)23-24-19(26)22-17-9-7-16(20)8-10-17/h7-13H,2-4H2,1H3,(H,23,25)(H2,22,24,26). The Hall–Kier alpha value is -3.04. The maximum Gasteiger partial charge on any atom is 0.337 e. The molecule has 0 atom stereocenters. The van der Waals surface area contributed by atoms with Crippen LogP contribution in [-0.4, -0.2) is 16.9 Å². The van der Waals surface area contributed by atoms with Crippen molar-refractivity contribution in [1.29, 1.82) is 0 Å². The van der Waals surface area contributed by atoms with Crippen molar-refractivity contribution < 1.29 is 9.59 Å². The van der Waals surface area contributed by atoms with Crippen LogP contribution >= 0.6 is 11.6 Å². The number of urea groups is 1. The molecular weight excluding hydrogens is 352 g/mol. The quantitative estimate of drug-likeness (QED) is 0.435. The zero-order valence-electron chi connectivity index (χ0n) is 14.3. The van der Waals surface area contributed by atoms with Crippen LogP contribution in [0.3, 0.4) is 0 Å². The number of hydrogen-bond donors (Lipinski definition) is 3. The maximum absolute atomic E-state index is 12.1. The number of anilines is 1. The van der Waals surface area contributed by atoms with E-state index in [1.165, 1.54) is 6.20 Å². The number of hydrazine groups is 1. The van der Waals surface area contributed by atoms with Crippen molar-refractivity contribution >= 4 is 29.2 Å². The van der Waals surface area contributed by atoms with Crippen molar-refractivity contribution in [2.45, 2.75) is 26.2 Å². The van der Waals surface area contributed by atoms with E-state index in [9.17, 15) is 9.59 Å². The molecule has 1 aromatic heterocycles. The van der Waals surface area contributed by atoms with E-state index in [0.29, 0.717) is 21.8 Å². The number of halogens is 1. The van der Waals surface area contributed by atoms with Gasteiger partial charge in [-0.3, -0.25) is 15.2 Å². The van der Waals surface area contributed by atoms with Crippen LogP contribution in [0.4, 0.5) is 10.5 Å². The fraction of sp³-hybridized carbons (Fsp3) is 0.211. The predicted octanol–water partition coefficient (Wildman–Crippen LogP) is 3.74. The van der Waals surface area contributed by atoms with Gasteiger partial charge in [0.05, 0.1) is 5.56 Å². The molecule has 1 heterocycles.